The van der Waals surface area contributed by atoms with Crippen LogP contribution in [0, 0.1) is 5.92 Å². The summed E-state index contributed by atoms with van der Waals surface area (Å²) >= 11 is 0. The summed E-state index contributed by atoms with van der Waals surface area (Å²) in [7, 11) is 1.73. The van der Waals surface area contributed by atoms with Gasteiger partial charge in [0.25, 0.3) is 11.8 Å². The average molecular weight is 380 g/mol. The van der Waals surface area contributed by atoms with Crippen molar-refractivity contribution >= 4 is 17.5 Å². The maximum atomic E-state index is 13.2. The van der Waals surface area contributed by atoms with Crippen molar-refractivity contribution in [2.24, 2.45) is 5.92 Å². The molecule has 1 aromatic heterocycles. The number of carbonyl (C=O) groups is 2. The second-order valence-electron chi connectivity index (χ2n) is 7.96. The minimum absolute atomic E-state index is 0.129. The number of likely N-dealkylation sites (N-methyl/N-ethyl adjacent to an activating group) is 1. The van der Waals surface area contributed by atoms with Gasteiger partial charge in [0.15, 0.2) is 5.69 Å². The van der Waals surface area contributed by atoms with E-state index < -0.39 is 6.04 Å². The van der Waals surface area contributed by atoms with Crippen molar-refractivity contribution in [2.45, 2.75) is 38.3 Å². The summed E-state index contributed by atoms with van der Waals surface area (Å²) in [6.07, 6.45) is 6.50. The van der Waals surface area contributed by atoms with Crippen LogP contribution in [0.5, 0.6) is 5.75 Å². The van der Waals surface area contributed by atoms with Crippen LogP contribution < -0.4 is 9.64 Å². The largest absolute Gasteiger partial charge is 0.489 e. The molecule has 0 bridgehead atoms. The molecule has 1 saturated carbocycles. The minimum atomic E-state index is -0.644. The van der Waals surface area contributed by atoms with Gasteiger partial charge in [0.05, 0.1) is 5.69 Å². The predicted molar refractivity (Wildman–Crippen MR) is 103 cm³/mol. The van der Waals surface area contributed by atoms with Crippen molar-refractivity contribution in [1.82, 2.24) is 14.7 Å². The molecule has 5 rings (SSSR count). The number of anilines is 1. The summed E-state index contributed by atoms with van der Waals surface area (Å²) in [5, 5.41) is 4.57. The molecule has 3 heterocycles. The van der Waals surface area contributed by atoms with E-state index in [0.29, 0.717) is 30.3 Å². The van der Waals surface area contributed by atoms with E-state index in [2.05, 4.69) is 5.10 Å². The van der Waals surface area contributed by atoms with Gasteiger partial charge in [0.2, 0.25) is 0 Å². The van der Waals surface area contributed by atoms with Crippen molar-refractivity contribution < 1.29 is 14.3 Å². The third kappa shape index (κ3) is 2.77. The first-order valence-electron chi connectivity index (χ1n) is 9.98. The second kappa shape index (κ2) is 6.65. The van der Waals surface area contributed by atoms with E-state index >= 15 is 0 Å². The lowest BCUT2D eigenvalue weighted by Crippen LogP contribution is -2.54. The summed E-state index contributed by atoms with van der Waals surface area (Å²) < 4.78 is 7.81. The van der Waals surface area contributed by atoms with E-state index in [4.69, 9.17) is 4.74 Å². The normalized spacial score (nSPS) is 22.2. The van der Waals surface area contributed by atoms with Gasteiger partial charge in [-0.25, -0.2) is 0 Å². The maximum absolute atomic E-state index is 13.2. The number of nitrogens with zero attached hydrogens (tertiary/aromatic N) is 4. The molecule has 3 aliphatic rings. The Hall–Kier alpha value is -2.83. The van der Waals surface area contributed by atoms with Gasteiger partial charge in [0.1, 0.15) is 18.4 Å². The van der Waals surface area contributed by atoms with Gasteiger partial charge in [-0.3, -0.25) is 14.3 Å². The highest BCUT2D eigenvalue weighted by atomic mass is 16.5. The van der Waals surface area contributed by atoms with E-state index in [-0.39, 0.29) is 18.4 Å². The molecule has 0 unspecified atom stereocenters. The first-order chi connectivity index (χ1) is 13.6. The number of amides is 2. The molecule has 146 valence electrons. The molecule has 1 fully saturated rings. The lowest BCUT2D eigenvalue weighted by atomic mass is 9.85. The summed E-state index contributed by atoms with van der Waals surface area (Å²) in [5.41, 5.74) is 2.20. The topological polar surface area (TPSA) is 67.7 Å². The van der Waals surface area contributed by atoms with Crippen LogP contribution in [-0.4, -0.2) is 52.7 Å². The Kier molecular flexibility index (Phi) is 4.10. The van der Waals surface area contributed by atoms with Crippen molar-refractivity contribution in [3.63, 3.8) is 0 Å². The number of hydrogen-bond donors (Lipinski definition) is 0. The van der Waals surface area contributed by atoms with E-state index in [0.717, 1.165) is 17.8 Å². The quantitative estimate of drug-likeness (QED) is 0.818. The van der Waals surface area contributed by atoms with Crippen molar-refractivity contribution in [1.29, 1.82) is 0 Å². The molecule has 1 atom stereocenters. The molecular formula is C21H24N4O3. The Balaban J connectivity index is 1.38. The summed E-state index contributed by atoms with van der Waals surface area (Å²) in [4.78, 5) is 29.5. The molecule has 2 aromatic rings. The minimum Gasteiger partial charge on any atom is -0.489 e. The molecule has 7 heteroatoms. The van der Waals surface area contributed by atoms with Crippen LogP contribution in [0.25, 0.3) is 0 Å². The number of benzene rings is 1. The molecule has 1 aromatic carbocycles. The zero-order valence-electron chi connectivity index (χ0n) is 16.0. The Morgan fingerprint density at radius 3 is 2.82 bits per heavy atom. The van der Waals surface area contributed by atoms with Crippen LogP contribution in [0.3, 0.4) is 0 Å². The number of para-hydroxylation sites is 2. The monoisotopic (exact) mass is 380 g/mol. The fourth-order valence-electron chi connectivity index (χ4n) is 4.30. The van der Waals surface area contributed by atoms with Crippen LogP contribution in [0.15, 0.2) is 30.5 Å². The van der Waals surface area contributed by atoms with Gasteiger partial charge in [-0.05, 0) is 37.3 Å². The van der Waals surface area contributed by atoms with E-state index in [1.165, 1.54) is 19.3 Å². The Morgan fingerprint density at radius 2 is 2.04 bits per heavy atom. The Labute approximate surface area is 163 Å². The molecule has 0 N–H and O–H groups in total. The van der Waals surface area contributed by atoms with Gasteiger partial charge in [0, 0.05) is 31.9 Å². The van der Waals surface area contributed by atoms with E-state index in [9.17, 15) is 9.59 Å². The predicted octanol–water partition coefficient (Wildman–Crippen LogP) is 2.11. The molecule has 1 aliphatic carbocycles. The van der Waals surface area contributed by atoms with Crippen LogP contribution in [0.2, 0.25) is 0 Å². The lowest BCUT2D eigenvalue weighted by molar-refractivity contribution is -0.123. The highest BCUT2D eigenvalue weighted by Gasteiger charge is 2.39. The third-order valence-corrected chi connectivity index (χ3v) is 6.21. The summed E-state index contributed by atoms with van der Waals surface area (Å²) in [6, 6.07) is 6.81. The van der Waals surface area contributed by atoms with Gasteiger partial charge in [-0.15, -0.1) is 0 Å². The van der Waals surface area contributed by atoms with Crippen LogP contribution in [0.4, 0.5) is 5.69 Å². The van der Waals surface area contributed by atoms with Crippen molar-refractivity contribution in [3.8, 4) is 5.75 Å². The second-order valence-corrected chi connectivity index (χ2v) is 7.96. The number of fused-ring (bicyclic) bond motifs is 2. The Morgan fingerprint density at radius 1 is 1.21 bits per heavy atom. The number of rotatable bonds is 3. The number of carbonyl (C=O) groups excluding carboxylic acids is 2. The summed E-state index contributed by atoms with van der Waals surface area (Å²) in [6.45, 7) is 1.54. The fourth-order valence-corrected chi connectivity index (χ4v) is 4.30. The van der Waals surface area contributed by atoms with E-state index in [1.807, 2.05) is 35.1 Å². The molecule has 0 saturated heterocycles. The maximum Gasteiger partial charge on any atom is 0.275 e. The van der Waals surface area contributed by atoms with E-state index in [1.54, 1.807) is 16.8 Å². The van der Waals surface area contributed by atoms with Crippen LogP contribution >= 0.6 is 0 Å². The highest BCUT2D eigenvalue weighted by molar-refractivity contribution is 6.03. The first kappa shape index (κ1) is 17.3. The molecule has 28 heavy (non-hydrogen) atoms. The van der Waals surface area contributed by atoms with Gasteiger partial charge in [-0.2, -0.15) is 5.10 Å². The lowest BCUT2D eigenvalue weighted by Gasteiger charge is -2.33. The Bertz CT molecular complexity index is 933. The molecule has 0 spiro atoms. The smallest absolute Gasteiger partial charge is 0.275 e. The van der Waals surface area contributed by atoms with Crippen molar-refractivity contribution in [3.05, 3.63) is 41.7 Å². The van der Waals surface area contributed by atoms with Crippen LogP contribution in [-0.2, 0) is 17.8 Å². The fraction of sp³-hybridized carbons (Fsp3) is 0.476. The zero-order valence-corrected chi connectivity index (χ0v) is 16.0. The molecular weight excluding hydrogens is 356 g/mol. The van der Waals surface area contributed by atoms with Crippen LogP contribution in [0.1, 0.15) is 35.3 Å². The molecule has 0 radical (unpaired) electrons. The third-order valence-electron chi connectivity index (χ3n) is 6.21. The molecule has 2 aliphatic heterocycles. The van der Waals surface area contributed by atoms with Crippen molar-refractivity contribution in [2.75, 3.05) is 25.1 Å². The van der Waals surface area contributed by atoms with Gasteiger partial charge >= 0.3 is 0 Å². The van der Waals surface area contributed by atoms with Gasteiger partial charge < -0.3 is 14.5 Å². The van der Waals surface area contributed by atoms with Gasteiger partial charge in [-0.1, -0.05) is 18.6 Å². The number of ether oxygens (including phenoxy) is 1. The molecule has 2 amide bonds. The standard InChI is InChI=1S/C21H24N4O3/c1-23-16-7-2-3-8-18(16)28-13-17(20(23)26)25-10-9-15-12-24(11-14-5-4-6-14)22-19(15)21(25)27/h2-3,7-8,12,14,17H,4-6,9-11,13H2,1H3/t17-/m0/s1. The first-order valence-corrected chi connectivity index (χ1v) is 9.98. The summed E-state index contributed by atoms with van der Waals surface area (Å²) in [5.74, 6) is 1.04. The average Bonchev–Trinajstić information content (AvgIpc) is 3.04. The molecule has 7 nitrogen and oxygen atoms in total. The number of hydrogen-bond acceptors (Lipinski definition) is 4. The zero-order chi connectivity index (χ0) is 19.3. The highest BCUT2D eigenvalue weighted by Crippen LogP contribution is 2.32. The number of aromatic nitrogens is 2. The SMILES string of the molecule is CN1C(=O)[C@@H](N2CCc3cn(CC4CCC4)nc3C2=O)COc2ccccc21.